The third kappa shape index (κ3) is 3.37. The van der Waals surface area contributed by atoms with Crippen molar-refractivity contribution < 1.29 is 24.2 Å². The summed E-state index contributed by atoms with van der Waals surface area (Å²) in [5.41, 5.74) is 0.556. The van der Waals surface area contributed by atoms with E-state index in [-0.39, 0.29) is 31.9 Å². The highest BCUT2D eigenvalue weighted by Crippen LogP contribution is 2.27. The van der Waals surface area contributed by atoms with Crippen molar-refractivity contribution in [3.8, 4) is 0 Å². The summed E-state index contributed by atoms with van der Waals surface area (Å²) in [7, 11) is 0. The van der Waals surface area contributed by atoms with Gasteiger partial charge in [-0.2, -0.15) is 0 Å². The second-order valence-electron chi connectivity index (χ2n) is 6.60. The molecule has 2 atom stereocenters. The van der Waals surface area contributed by atoms with Gasteiger partial charge in [-0.25, -0.2) is 4.79 Å². The molecule has 134 valence electrons. The van der Waals surface area contributed by atoms with E-state index in [2.05, 4.69) is 12.2 Å². The van der Waals surface area contributed by atoms with Crippen molar-refractivity contribution in [3.63, 3.8) is 0 Å². The lowest BCUT2D eigenvalue weighted by Gasteiger charge is -2.25. The van der Waals surface area contributed by atoms with E-state index >= 15 is 0 Å². The number of aryl methyl sites for hydroxylation is 1. The van der Waals surface area contributed by atoms with E-state index in [1.54, 1.807) is 4.90 Å². The number of ether oxygens (including phenoxy) is 1. The second kappa shape index (κ2) is 6.84. The molecule has 1 aromatic rings. The monoisotopic (exact) mass is 346 g/mol. The Labute approximate surface area is 146 Å². The largest absolute Gasteiger partial charge is 0.479 e. The first-order valence-corrected chi connectivity index (χ1v) is 8.47. The Hall–Kier alpha value is -2.41. The van der Waals surface area contributed by atoms with Crippen molar-refractivity contribution in [2.24, 2.45) is 5.92 Å². The van der Waals surface area contributed by atoms with Gasteiger partial charge in [0, 0.05) is 31.7 Å². The summed E-state index contributed by atoms with van der Waals surface area (Å²) in [6, 6.07) is 7.68. The van der Waals surface area contributed by atoms with Crippen LogP contribution in [0.2, 0.25) is 0 Å². The van der Waals surface area contributed by atoms with Gasteiger partial charge in [-0.1, -0.05) is 19.1 Å². The van der Waals surface area contributed by atoms with Crippen LogP contribution >= 0.6 is 0 Å². The predicted octanol–water partition coefficient (Wildman–Crippen LogP) is 0.962. The fourth-order valence-corrected chi connectivity index (χ4v) is 3.27. The minimum absolute atomic E-state index is 0.0447. The molecule has 0 radical (unpaired) electrons. The first kappa shape index (κ1) is 17.4. The Kier molecular flexibility index (Phi) is 4.76. The average Bonchev–Trinajstić information content (AvgIpc) is 3.22. The maximum absolute atomic E-state index is 12.5. The molecule has 2 fully saturated rings. The number of aliphatic carboxylic acids is 1. The molecule has 7 nitrogen and oxygen atoms in total. The van der Waals surface area contributed by atoms with Gasteiger partial charge in [0.25, 0.3) is 0 Å². The van der Waals surface area contributed by atoms with Gasteiger partial charge in [0.1, 0.15) is 0 Å². The van der Waals surface area contributed by atoms with E-state index < -0.39 is 23.3 Å². The number of rotatable bonds is 5. The Morgan fingerprint density at radius 2 is 2.08 bits per heavy atom. The number of carboxylic acids is 1. The fraction of sp³-hybridized carbons (Fsp3) is 0.500. The van der Waals surface area contributed by atoms with E-state index in [1.165, 1.54) is 5.56 Å². The lowest BCUT2D eigenvalue weighted by molar-refractivity contribution is -0.148. The van der Waals surface area contributed by atoms with Gasteiger partial charge in [0.05, 0.1) is 12.5 Å². The fourth-order valence-electron chi connectivity index (χ4n) is 3.27. The summed E-state index contributed by atoms with van der Waals surface area (Å²) in [6.45, 7) is 2.57. The van der Waals surface area contributed by atoms with Crippen molar-refractivity contribution >= 4 is 23.5 Å². The van der Waals surface area contributed by atoms with Gasteiger partial charge in [0.15, 0.2) is 5.54 Å². The van der Waals surface area contributed by atoms with Crippen LogP contribution in [0.5, 0.6) is 0 Å². The van der Waals surface area contributed by atoms with Crippen LogP contribution in [0.1, 0.15) is 25.3 Å². The van der Waals surface area contributed by atoms with Crippen LogP contribution in [-0.2, 0) is 25.5 Å². The first-order valence-electron chi connectivity index (χ1n) is 8.47. The SMILES string of the molecule is CCc1ccc(N2CC(C(=O)NC3(C(=O)O)CCOC3)CC2=O)cc1. The maximum Gasteiger partial charge on any atom is 0.331 e. The number of benzene rings is 1. The number of hydrogen-bond acceptors (Lipinski definition) is 4. The van der Waals surface area contributed by atoms with Crippen molar-refractivity contribution in [1.82, 2.24) is 5.32 Å². The molecule has 7 heteroatoms. The van der Waals surface area contributed by atoms with E-state index in [0.29, 0.717) is 6.61 Å². The molecule has 0 aromatic heterocycles. The quantitative estimate of drug-likeness (QED) is 0.828. The van der Waals surface area contributed by atoms with Crippen LogP contribution in [0, 0.1) is 5.92 Å². The summed E-state index contributed by atoms with van der Waals surface area (Å²) in [4.78, 5) is 37.9. The van der Waals surface area contributed by atoms with E-state index in [1.807, 2.05) is 24.3 Å². The Morgan fingerprint density at radius 1 is 1.36 bits per heavy atom. The zero-order valence-corrected chi connectivity index (χ0v) is 14.2. The maximum atomic E-state index is 12.5. The summed E-state index contributed by atoms with van der Waals surface area (Å²) in [5.74, 6) is -2.20. The minimum atomic E-state index is -1.38. The average molecular weight is 346 g/mol. The second-order valence-corrected chi connectivity index (χ2v) is 6.60. The number of hydrogen-bond donors (Lipinski definition) is 2. The van der Waals surface area contributed by atoms with Gasteiger partial charge < -0.3 is 20.1 Å². The highest BCUT2D eigenvalue weighted by Gasteiger charge is 2.46. The van der Waals surface area contributed by atoms with E-state index in [0.717, 1.165) is 12.1 Å². The number of amides is 2. The molecular formula is C18H22N2O5. The molecule has 0 spiro atoms. The predicted molar refractivity (Wildman–Crippen MR) is 90.2 cm³/mol. The van der Waals surface area contributed by atoms with E-state index in [4.69, 9.17) is 4.74 Å². The molecule has 2 saturated heterocycles. The highest BCUT2D eigenvalue weighted by atomic mass is 16.5. The number of anilines is 1. The van der Waals surface area contributed by atoms with Crippen molar-refractivity contribution in [1.29, 1.82) is 0 Å². The number of carbonyl (C=O) groups is 3. The van der Waals surface area contributed by atoms with Gasteiger partial charge in [-0.05, 0) is 24.1 Å². The molecule has 25 heavy (non-hydrogen) atoms. The van der Waals surface area contributed by atoms with Crippen LogP contribution < -0.4 is 10.2 Å². The lowest BCUT2D eigenvalue weighted by atomic mass is 9.97. The van der Waals surface area contributed by atoms with Crippen LogP contribution in [0.3, 0.4) is 0 Å². The topological polar surface area (TPSA) is 95.9 Å². The normalized spacial score (nSPS) is 26.0. The molecule has 3 rings (SSSR count). The highest BCUT2D eigenvalue weighted by molar-refractivity contribution is 6.01. The number of nitrogens with one attached hydrogen (secondary N) is 1. The summed E-state index contributed by atoms with van der Waals surface area (Å²) < 4.78 is 5.15. The van der Waals surface area contributed by atoms with Gasteiger partial charge in [-0.3, -0.25) is 9.59 Å². The summed E-state index contributed by atoms with van der Waals surface area (Å²) >= 11 is 0. The van der Waals surface area contributed by atoms with Crippen LogP contribution in [-0.4, -0.2) is 48.2 Å². The molecule has 2 N–H and O–H groups in total. The molecule has 0 saturated carbocycles. The zero-order valence-electron chi connectivity index (χ0n) is 14.2. The van der Waals surface area contributed by atoms with Crippen LogP contribution in [0.25, 0.3) is 0 Å². The number of carboxylic acid groups (broad SMARTS) is 1. The molecule has 0 bridgehead atoms. The third-order valence-electron chi connectivity index (χ3n) is 4.95. The van der Waals surface area contributed by atoms with Gasteiger partial charge >= 0.3 is 5.97 Å². The molecule has 0 aliphatic carbocycles. The standard InChI is InChI=1S/C18H22N2O5/c1-2-12-3-5-14(6-4-12)20-10-13(9-15(20)21)16(22)19-18(17(23)24)7-8-25-11-18/h3-6,13H,2,7-11H2,1H3,(H,19,22)(H,23,24). The molecule has 2 heterocycles. The first-order chi connectivity index (χ1) is 11.9. The molecule has 2 aliphatic heterocycles. The van der Waals surface area contributed by atoms with Crippen LogP contribution in [0.4, 0.5) is 5.69 Å². The number of carbonyl (C=O) groups excluding carboxylic acids is 2. The Balaban J connectivity index is 1.69. The lowest BCUT2D eigenvalue weighted by Crippen LogP contribution is -2.56. The van der Waals surface area contributed by atoms with Crippen molar-refractivity contribution in [2.75, 3.05) is 24.7 Å². The summed E-state index contributed by atoms with van der Waals surface area (Å²) in [6.07, 6.45) is 1.23. The zero-order chi connectivity index (χ0) is 18.0. The Bertz CT molecular complexity index is 679. The smallest absolute Gasteiger partial charge is 0.331 e. The molecule has 2 unspecified atom stereocenters. The minimum Gasteiger partial charge on any atom is -0.479 e. The number of nitrogens with zero attached hydrogens (tertiary/aromatic N) is 1. The van der Waals surface area contributed by atoms with Crippen LogP contribution in [0.15, 0.2) is 24.3 Å². The van der Waals surface area contributed by atoms with Crippen molar-refractivity contribution in [3.05, 3.63) is 29.8 Å². The van der Waals surface area contributed by atoms with Gasteiger partial charge in [0.2, 0.25) is 11.8 Å². The molecule has 2 aliphatic rings. The summed E-state index contributed by atoms with van der Waals surface area (Å²) in [5, 5.41) is 12.0. The van der Waals surface area contributed by atoms with E-state index in [9.17, 15) is 19.5 Å². The molecular weight excluding hydrogens is 324 g/mol. The van der Waals surface area contributed by atoms with Gasteiger partial charge in [-0.15, -0.1) is 0 Å². The molecule has 2 amide bonds. The third-order valence-corrected chi connectivity index (χ3v) is 4.95. The Morgan fingerprint density at radius 3 is 2.64 bits per heavy atom. The molecule has 1 aromatic carbocycles. The van der Waals surface area contributed by atoms with Crippen molar-refractivity contribution in [2.45, 2.75) is 31.7 Å².